The largest absolute Gasteiger partial charge is 0.339 e. The number of fused-ring (bicyclic) bond motifs is 1. The summed E-state index contributed by atoms with van der Waals surface area (Å²) < 4.78 is 14.1. The first-order valence-corrected chi connectivity index (χ1v) is 15.2. The van der Waals surface area contributed by atoms with E-state index in [2.05, 4.69) is 48.5 Å². The standard InChI is InChI=1S/C33H31FN2OS2/c1-21-7-3-4-11-29(21)39-31-22(2)19-33(36-32(31)37,25-15-16-38-20-25)30-12-6-10-27(35-30)17-24-9-5-8-23-13-14-26(34)18-28(23)24/h3-4,6-7,10-16,18,20,24,31H,2,5,8-9,17,19H2,1H3,(H,36,37). The quantitative estimate of drug-likeness (QED) is 0.248. The Balaban J connectivity index is 1.32. The minimum Gasteiger partial charge on any atom is -0.339 e. The van der Waals surface area contributed by atoms with Crippen LogP contribution in [0.15, 0.2) is 94.5 Å². The molecule has 3 unspecified atom stereocenters. The molecule has 3 nitrogen and oxygen atoms in total. The molecule has 1 fully saturated rings. The molecule has 6 rings (SSSR count). The van der Waals surface area contributed by atoms with Crippen LogP contribution in [0, 0.1) is 12.7 Å². The predicted molar refractivity (Wildman–Crippen MR) is 158 cm³/mol. The number of piperidine rings is 1. The molecule has 4 aromatic rings. The van der Waals surface area contributed by atoms with Gasteiger partial charge in [-0.05, 0) is 108 Å². The number of hydrogen-bond acceptors (Lipinski definition) is 4. The Morgan fingerprint density at radius 2 is 2.03 bits per heavy atom. The maximum Gasteiger partial charge on any atom is 0.238 e. The molecule has 198 valence electrons. The SMILES string of the molecule is C=C1CC(c2ccsc2)(c2cccc(CC3CCCc4ccc(F)cc43)n2)NC(=O)C1Sc1ccccc1C. The zero-order valence-corrected chi connectivity index (χ0v) is 23.6. The highest BCUT2D eigenvalue weighted by atomic mass is 32.2. The molecule has 2 aromatic carbocycles. The van der Waals surface area contributed by atoms with Crippen LogP contribution in [0.3, 0.4) is 0 Å². The van der Waals surface area contributed by atoms with Gasteiger partial charge in [0.2, 0.25) is 5.91 Å². The molecular weight excluding hydrogens is 524 g/mol. The van der Waals surface area contributed by atoms with Crippen molar-refractivity contribution in [3.8, 4) is 0 Å². The van der Waals surface area contributed by atoms with Gasteiger partial charge in [-0.2, -0.15) is 11.3 Å². The number of aromatic nitrogens is 1. The molecule has 0 bridgehead atoms. The van der Waals surface area contributed by atoms with E-state index >= 15 is 0 Å². The Kier molecular flexibility index (Phi) is 7.17. The maximum atomic E-state index is 14.1. The number of rotatable bonds is 6. The van der Waals surface area contributed by atoms with Gasteiger partial charge in [0.05, 0.1) is 5.69 Å². The Morgan fingerprint density at radius 1 is 1.15 bits per heavy atom. The van der Waals surface area contributed by atoms with Gasteiger partial charge in [0.15, 0.2) is 0 Å². The van der Waals surface area contributed by atoms with Gasteiger partial charge in [-0.25, -0.2) is 4.39 Å². The van der Waals surface area contributed by atoms with Gasteiger partial charge in [-0.1, -0.05) is 42.5 Å². The lowest BCUT2D eigenvalue weighted by molar-refractivity contribution is -0.122. The van der Waals surface area contributed by atoms with E-state index in [0.717, 1.165) is 64.2 Å². The first-order chi connectivity index (χ1) is 18.9. The number of benzene rings is 2. The fourth-order valence-electron chi connectivity index (χ4n) is 6.04. The summed E-state index contributed by atoms with van der Waals surface area (Å²) in [4.78, 5) is 20.0. The predicted octanol–water partition coefficient (Wildman–Crippen LogP) is 7.73. The van der Waals surface area contributed by atoms with Crippen LogP contribution in [0.25, 0.3) is 0 Å². The third kappa shape index (κ3) is 5.08. The van der Waals surface area contributed by atoms with E-state index in [0.29, 0.717) is 6.42 Å². The lowest BCUT2D eigenvalue weighted by Gasteiger charge is -2.41. The van der Waals surface area contributed by atoms with Crippen molar-refractivity contribution in [1.82, 2.24) is 10.3 Å². The molecule has 1 aliphatic carbocycles. The van der Waals surface area contributed by atoms with Gasteiger partial charge in [-0.15, -0.1) is 11.8 Å². The monoisotopic (exact) mass is 554 g/mol. The van der Waals surface area contributed by atoms with Crippen LogP contribution >= 0.6 is 23.1 Å². The molecule has 0 spiro atoms. The molecule has 0 radical (unpaired) electrons. The number of nitrogens with one attached hydrogen (secondary N) is 1. The van der Waals surface area contributed by atoms with E-state index in [1.165, 1.54) is 5.56 Å². The van der Waals surface area contributed by atoms with Crippen molar-refractivity contribution in [3.05, 3.63) is 129 Å². The van der Waals surface area contributed by atoms with Crippen LogP contribution in [0.1, 0.15) is 58.8 Å². The molecule has 2 aromatic heterocycles. The topological polar surface area (TPSA) is 42.0 Å². The third-order valence-electron chi connectivity index (χ3n) is 8.04. The Bertz CT molecular complexity index is 1510. The van der Waals surface area contributed by atoms with Gasteiger partial charge >= 0.3 is 0 Å². The van der Waals surface area contributed by atoms with Crippen molar-refractivity contribution in [1.29, 1.82) is 0 Å². The lowest BCUT2D eigenvalue weighted by Crippen LogP contribution is -2.55. The van der Waals surface area contributed by atoms with Gasteiger partial charge in [0.25, 0.3) is 0 Å². The number of pyridine rings is 1. The average molecular weight is 555 g/mol. The van der Waals surface area contributed by atoms with Crippen LogP contribution in [0.2, 0.25) is 0 Å². The molecule has 1 amide bonds. The Morgan fingerprint density at radius 3 is 2.82 bits per heavy atom. The summed E-state index contributed by atoms with van der Waals surface area (Å²) >= 11 is 3.17. The number of nitrogens with zero attached hydrogens (tertiary/aromatic N) is 1. The molecule has 3 heterocycles. The third-order valence-corrected chi connectivity index (χ3v) is 10.2. The summed E-state index contributed by atoms with van der Waals surface area (Å²) in [6.45, 7) is 6.48. The number of amides is 1. The summed E-state index contributed by atoms with van der Waals surface area (Å²) in [6, 6.07) is 21.5. The highest BCUT2D eigenvalue weighted by molar-refractivity contribution is 8.00. The summed E-state index contributed by atoms with van der Waals surface area (Å²) in [6.07, 6.45) is 4.43. The maximum absolute atomic E-state index is 14.1. The minimum atomic E-state index is -0.774. The van der Waals surface area contributed by atoms with E-state index in [4.69, 9.17) is 4.98 Å². The molecule has 1 N–H and O–H groups in total. The number of thiophene rings is 1. The van der Waals surface area contributed by atoms with Gasteiger partial charge < -0.3 is 5.32 Å². The summed E-state index contributed by atoms with van der Waals surface area (Å²) in [5.41, 5.74) is 6.42. The summed E-state index contributed by atoms with van der Waals surface area (Å²) in [5.74, 6) is 0.00464. The number of thioether (sulfide) groups is 1. The van der Waals surface area contributed by atoms with Crippen molar-refractivity contribution in [2.24, 2.45) is 0 Å². The Hall–Kier alpha value is -3.22. The number of hydrogen-bond donors (Lipinski definition) is 1. The molecule has 2 aliphatic rings. The second-order valence-electron chi connectivity index (χ2n) is 10.7. The Labute approximate surface area is 237 Å². The van der Waals surface area contributed by atoms with Crippen molar-refractivity contribution >= 4 is 29.0 Å². The van der Waals surface area contributed by atoms with Crippen molar-refractivity contribution < 1.29 is 9.18 Å². The van der Waals surface area contributed by atoms with Crippen molar-refractivity contribution in [2.45, 2.75) is 60.6 Å². The smallest absolute Gasteiger partial charge is 0.238 e. The van der Waals surface area contributed by atoms with E-state index in [-0.39, 0.29) is 22.9 Å². The molecule has 3 atom stereocenters. The molecule has 6 heteroatoms. The number of halogens is 1. The molecule has 1 aliphatic heterocycles. The van der Waals surface area contributed by atoms with Crippen LogP contribution in [0.4, 0.5) is 4.39 Å². The minimum absolute atomic E-state index is 0.0467. The van der Waals surface area contributed by atoms with E-state index in [1.807, 2.05) is 35.7 Å². The van der Waals surface area contributed by atoms with Crippen molar-refractivity contribution in [3.63, 3.8) is 0 Å². The fourth-order valence-corrected chi connectivity index (χ4v) is 7.85. The van der Waals surface area contributed by atoms with Gasteiger partial charge in [0.1, 0.15) is 16.6 Å². The summed E-state index contributed by atoms with van der Waals surface area (Å²) in [7, 11) is 0. The summed E-state index contributed by atoms with van der Waals surface area (Å²) in [5, 5.41) is 7.16. The molecule has 0 saturated carbocycles. The molecule has 39 heavy (non-hydrogen) atoms. The number of carbonyl (C=O) groups excluding carboxylic acids is 1. The first kappa shape index (κ1) is 26.0. The lowest BCUT2D eigenvalue weighted by atomic mass is 9.78. The highest BCUT2D eigenvalue weighted by Crippen LogP contribution is 2.44. The molecular formula is C33H31FN2OS2. The van der Waals surface area contributed by atoms with Gasteiger partial charge in [0, 0.05) is 17.0 Å². The highest BCUT2D eigenvalue weighted by Gasteiger charge is 2.46. The van der Waals surface area contributed by atoms with E-state index in [9.17, 15) is 9.18 Å². The second kappa shape index (κ2) is 10.7. The van der Waals surface area contributed by atoms with Crippen LogP contribution in [0.5, 0.6) is 0 Å². The van der Waals surface area contributed by atoms with E-state index in [1.54, 1.807) is 35.2 Å². The van der Waals surface area contributed by atoms with Crippen LogP contribution in [-0.4, -0.2) is 16.1 Å². The van der Waals surface area contributed by atoms with Crippen LogP contribution < -0.4 is 5.32 Å². The normalized spacial score (nSPS) is 22.8. The fraction of sp³-hybridized carbons (Fsp3) is 0.273. The number of carbonyl (C=O) groups is 1. The zero-order chi connectivity index (χ0) is 27.0. The van der Waals surface area contributed by atoms with E-state index < -0.39 is 5.54 Å². The van der Waals surface area contributed by atoms with Gasteiger partial charge in [-0.3, -0.25) is 9.78 Å². The van der Waals surface area contributed by atoms with Crippen molar-refractivity contribution in [2.75, 3.05) is 0 Å². The molecule has 1 saturated heterocycles. The van der Waals surface area contributed by atoms with Crippen LogP contribution in [-0.2, 0) is 23.2 Å². The second-order valence-corrected chi connectivity index (χ2v) is 12.6. The average Bonchev–Trinajstić information content (AvgIpc) is 3.48. The first-order valence-electron chi connectivity index (χ1n) is 13.4. The zero-order valence-electron chi connectivity index (χ0n) is 22.0. The number of aryl methyl sites for hydroxylation is 2.